The SMILES string of the molecule is C1=C(c2ccncn2)CCOC1. The molecule has 0 radical (unpaired) electrons. The summed E-state index contributed by atoms with van der Waals surface area (Å²) in [7, 11) is 0. The summed E-state index contributed by atoms with van der Waals surface area (Å²) in [5.41, 5.74) is 2.29. The Kier molecular flexibility index (Phi) is 2.14. The summed E-state index contributed by atoms with van der Waals surface area (Å²) in [5, 5.41) is 0. The highest BCUT2D eigenvalue weighted by Gasteiger charge is 2.05. The van der Waals surface area contributed by atoms with E-state index in [9.17, 15) is 0 Å². The van der Waals surface area contributed by atoms with Crippen molar-refractivity contribution in [3.63, 3.8) is 0 Å². The van der Waals surface area contributed by atoms with Crippen LogP contribution < -0.4 is 0 Å². The Labute approximate surface area is 71.1 Å². The summed E-state index contributed by atoms with van der Waals surface area (Å²) in [6.45, 7) is 1.51. The Morgan fingerprint density at radius 1 is 1.42 bits per heavy atom. The summed E-state index contributed by atoms with van der Waals surface area (Å²) in [6.07, 6.45) is 6.37. The van der Waals surface area contributed by atoms with Crippen molar-refractivity contribution in [3.05, 3.63) is 30.4 Å². The molecule has 1 aromatic rings. The van der Waals surface area contributed by atoms with Gasteiger partial charge in [0.1, 0.15) is 6.33 Å². The summed E-state index contributed by atoms with van der Waals surface area (Å²) in [6, 6.07) is 1.93. The van der Waals surface area contributed by atoms with Crippen LogP contribution in [0.15, 0.2) is 24.7 Å². The molecule has 2 rings (SSSR count). The first-order valence-electron chi connectivity index (χ1n) is 4.00. The molecule has 0 saturated heterocycles. The third-order valence-corrected chi connectivity index (χ3v) is 1.87. The van der Waals surface area contributed by atoms with E-state index in [2.05, 4.69) is 16.0 Å². The molecule has 2 heterocycles. The van der Waals surface area contributed by atoms with Crippen LogP contribution >= 0.6 is 0 Å². The molecule has 0 aliphatic carbocycles. The minimum atomic E-state index is 0.708. The average Bonchev–Trinajstić information content (AvgIpc) is 2.21. The Morgan fingerprint density at radius 2 is 2.42 bits per heavy atom. The molecular weight excluding hydrogens is 152 g/mol. The van der Waals surface area contributed by atoms with Crippen LogP contribution in [0.2, 0.25) is 0 Å². The molecule has 0 N–H and O–H groups in total. The van der Waals surface area contributed by atoms with Gasteiger partial charge in [-0.25, -0.2) is 9.97 Å². The molecule has 0 atom stereocenters. The maximum absolute atomic E-state index is 5.20. The maximum atomic E-state index is 5.20. The van der Waals surface area contributed by atoms with Crippen molar-refractivity contribution < 1.29 is 4.74 Å². The van der Waals surface area contributed by atoms with Crippen LogP contribution in [0.4, 0.5) is 0 Å². The molecule has 1 aliphatic heterocycles. The molecule has 0 bridgehead atoms. The first kappa shape index (κ1) is 7.43. The minimum absolute atomic E-state index is 0.708. The van der Waals surface area contributed by atoms with Gasteiger partial charge in [-0.2, -0.15) is 0 Å². The molecule has 3 heteroatoms. The van der Waals surface area contributed by atoms with E-state index in [1.807, 2.05) is 6.07 Å². The van der Waals surface area contributed by atoms with Gasteiger partial charge >= 0.3 is 0 Å². The van der Waals surface area contributed by atoms with Crippen LogP contribution in [0.25, 0.3) is 5.57 Å². The van der Waals surface area contributed by atoms with Crippen LogP contribution in [0.3, 0.4) is 0 Å². The van der Waals surface area contributed by atoms with Crippen molar-refractivity contribution in [1.82, 2.24) is 9.97 Å². The molecule has 0 spiro atoms. The standard InChI is InChI=1S/C9H10N2O/c1-4-10-7-11-9(1)8-2-5-12-6-3-8/h1-2,4,7H,3,5-6H2. The first-order valence-corrected chi connectivity index (χ1v) is 4.00. The van der Waals surface area contributed by atoms with Gasteiger partial charge in [0.15, 0.2) is 0 Å². The van der Waals surface area contributed by atoms with Crippen LogP contribution in [0, 0.1) is 0 Å². The molecule has 0 saturated carbocycles. The molecular formula is C9H10N2O. The highest BCUT2D eigenvalue weighted by atomic mass is 16.5. The zero-order valence-electron chi connectivity index (χ0n) is 6.73. The lowest BCUT2D eigenvalue weighted by molar-refractivity contribution is 0.161. The Morgan fingerprint density at radius 3 is 3.08 bits per heavy atom. The van der Waals surface area contributed by atoms with Crippen molar-refractivity contribution in [2.24, 2.45) is 0 Å². The van der Waals surface area contributed by atoms with Gasteiger partial charge in [0.2, 0.25) is 0 Å². The number of rotatable bonds is 1. The molecule has 0 unspecified atom stereocenters. The molecule has 1 aliphatic rings. The van der Waals surface area contributed by atoms with E-state index < -0.39 is 0 Å². The quantitative estimate of drug-likeness (QED) is 0.624. The fraction of sp³-hybridized carbons (Fsp3) is 0.333. The summed E-state index contributed by atoms with van der Waals surface area (Å²) < 4.78 is 5.20. The van der Waals surface area contributed by atoms with Crippen molar-refractivity contribution in [3.8, 4) is 0 Å². The van der Waals surface area contributed by atoms with Crippen LogP contribution in [-0.2, 0) is 4.74 Å². The zero-order valence-corrected chi connectivity index (χ0v) is 6.73. The molecule has 12 heavy (non-hydrogen) atoms. The Hall–Kier alpha value is -1.22. The van der Waals surface area contributed by atoms with E-state index in [-0.39, 0.29) is 0 Å². The van der Waals surface area contributed by atoms with Gasteiger partial charge in [-0.15, -0.1) is 0 Å². The normalized spacial score (nSPS) is 17.2. The highest BCUT2D eigenvalue weighted by molar-refractivity contribution is 5.62. The smallest absolute Gasteiger partial charge is 0.116 e. The van der Waals surface area contributed by atoms with Crippen LogP contribution in [0.5, 0.6) is 0 Å². The van der Waals surface area contributed by atoms with Crippen molar-refractivity contribution in [2.75, 3.05) is 13.2 Å². The third-order valence-electron chi connectivity index (χ3n) is 1.87. The van der Waals surface area contributed by atoms with Crippen LogP contribution in [-0.4, -0.2) is 23.2 Å². The van der Waals surface area contributed by atoms with E-state index in [0.717, 1.165) is 18.7 Å². The first-order chi connectivity index (χ1) is 5.97. The van der Waals surface area contributed by atoms with Crippen LogP contribution in [0.1, 0.15) is 12.1 Å². The fourth-order valence-electron chi connectivity index (χ4n) is 1.24. The second-order valence-electron chi connectivity index (χ2n) is 2.65. The zero-order chi connectivity index (χ0) is 8.23. The minimum Gasteiger partial charge on any atom is -0.377 e. The van der Waals surface area contributed by atoms with E-state index in [0.29, 0.717) is 6.61 Å². The summed E-state index contributed by atoms with van der Waals surface area (Å²) >= 11 is 0. The maximum Gasteiger partial charge on any atom is 0.116 e. The number of hydrogen-bond acceptors (Lipinski definition) is 3. The monoisotopic (exact) mass is 162 g/mol. The Balaban J connectivity index is 2.24. The lowest BCUT2D eigenvalue weighted by Gasteiger charge is -2.11. The van der Waals surface area contributed by atoms with Gasteiger partial charge in [0, 0.05) is 6.20 Å². The number of hydrogen-bond donors (Lipinski definition) is 0. The molecule has 62 valence electrons. The fourth-order valence-corrected chi connectivity index (χ4v) is 1.24. The predicted octanol–water partition coefficient (Wildman–Crippen LogP) is 1.28. The van der Waals surface area contributed by atoms with Crippen molar-refractivity contribution >= 4 is 5.57 Å². The predicted molar refractivity (Wildman–Crippen MR) is 45.4 cm³/mol. The lowest BCUT2D eigenvalue weighted by atomic mass is 10.1. The van der Waals surface area contributed by atoms with Gasteiger partial charge in [-0.3, -0.25) is 0 Å². The largest absolute Gasteiger partial charge is 0.377 e. The summed E-state index contributed by atoms with van der Waals surface area (Å²) in [5.74, 6) is 0. The molecule has 3 nitrogen and oxygen atoms in total. The highest BCUT2D eigenvalue weighted by Crippen LogP contribution is 2.17. The second kappa shape index (κ2) is 3.45. The lowest BCUT2D eigenvalue weighted by Crippen LogP contribution is -2.04. The van der Waals surface area contributed by atoms with E-state index in [1.54, 1.807) is 12.5 Å². The van der Waals surface area contributed by atoms with Gasteiger partial charge in [-0.1, -0.05) is 6.08 Å². The number of nitrogens with zero attached hydrogens (tertiary/aromatic N) is 2. The number of ether oxygens (including phenoxy) is 1. The molecule has 0 fully saturated rings. The van der Waals surface area contributed by atoms with Gasteiger partial charge in [-0.05, 0) is 18.1 Å². The van der Waals surface area contributed by atoms with Gasteiger partial charge < -0.3 is 4.74 Å². The Bertz CT molecular complexity index is 282. The number of aromatic nitrogens is 2. The topological polar surface area (TPSA) is 35.0 Å². The second-order valence-corrected chi connectivity index (χ2v) is 2.65. The van der Waals surface area contributed by atoms with Gasteiger partial charge in [0.05, 0.1) is 18.9 Å². The molecule has 1 aromatic heterocycles. The van der Waals surface area contributed by atoms with E-state index in [1.165, 1.54) is 5.57 Å². The van der Waals surface area contributed by atoms with Gasteiger partial charge in [0.25, 0.3) is 0 Å². The third kappa shape index (κ3) is 1.51. The molecule has 0 aromatic carbocycles. The van der Waals surface area contributed by atoms with E-state index in [4.69, 9.17) is 4.74 Å². The van der Waals surface area contributed by atoms with Crippen molar-refractivity contribution in [1.29, 1.82) is 0 Å². The van der Waals surface area contributed by atoms with Crippen molar-refractivity contribution in [2.45, 2.75) is 6.42 Å². The summed E-state index contributed by atoms with van der Waals surface area (Å²) in [4.78, 5) is 8.04. The molecule has 0 amide bonds. The average molecular weight is 162 g/mol. The van der Waals surface area contributed by atoms with E-state index >= 15 is 0 Å².